The fourth-order valence-corrected chi connectivity index (χ4v) is 1.71. The van der Waals surface area contributed by atoms with E-state index in [1.54, 1.807) is 25.2 Å². The summed E-state index contributed by atoms with van der Waals surface area (Å²) in [6.07, 6.45) is 0. The van der Waals surface area contributed by atoms with E-state index in [9.17, 15) is 4.79 Å². The number of imidazole rings is 1. The molecule has 1 aromatic heterocycles. The number of aryl methyl sites for hydroxylation is 1. The lowest BCUT2D eigenvalue weighted by Gasteiger charge is -1.98. The van der Waals surface area contributed by atoms with Crippen molar-refractivity contribution in [1.82, 2.24) is 9.55 Å². The quantitative estimate of drug-likeness (QED) is 0.783. The monoisotopic (exact) mass is 210 g/mol. The zero-order chi connectivity index (χ0) is 10.3. The summed E-state index contributed by atoms with van der Waals surface area (Å²) in [5, 5.41) is 9.34. The van der Waals surface area contributed by atoms with Gasteiger partial charge >= 0.3 is 5.97 Å². The van der Waals surface area contributed by atoms with Crippen LogP contribution in [0.15, 0.2) is 18.2 Å². The topological polar surface area (TPSA) is 55.1 Å². The summed E-state index contributed by atoms with van der Waals surface area (Å²) >= 11 is 5.93. The van der Waals surface area contributed by atoms with E-state index in [4.69, 9.17) is 16.7 Å². The van der Waals surface area contributed by atoms with Gasteiger partial charge in [0.25, 0.3) is 0 Å². The highest BCUT2D eigenvalue weighted by atomic mass is 35.5. The van der Waals surface area contributed by atoms with Crippen LogP contribution in [0.1, 0.15) is 10.6 Å². The number of carboxylic acids is 1. The van der Waals surface area contributed by atoms with E-state index < -0.39 is 5.97 Å². The fourth-order valence-electron chi connectivity index (χ4n) is 1.41. The Kier molecular flexibility index (Phi) is 1.93. The first-order valence-corrected chi connectivity index (χ1v) is 4.33. The van der Waals surface area contributed by atoms with Crippen molar-refractivity contribution < 1.29 is 9.90 Å². The second kappa shape index (κ2) is 2.99. The average Bonchev–Trinajstić information content (AvgIpc) is 2.45. The van der Waals surface area contributed by atoms with Crippen LogP contribution >= 0.6 is 11.6 Å². The van der Waals surface area contributed by atoms with Crippen LogP contribution in [0.2, 0.25) is 5.02 Å². The standard InChI is InChI=1S/C9H7ClN2O2/c1-12-7-5(10)3-2-4-6(7)11-8(12)9(13)14/h2-4H,1H3,(H,13,14). The van der Waals surface area contributed by atoms with E-state index in [0.29, 0.717) is 16.1 Å². The normalized spacial score (nSPS) is 10.7. The highest BCUT2D eigenvalue weighted by Crippen LogP contribution is 2.23. The summed E-state index contributed by atoms with van der Waals surface area (Å²) in [5.74, 6) is -1.06. The summed E-state index contributed by atoms with van der Waals surface area (Å²) in [7, 11) is 1.63. The van der Waals surface area contributed by atoms with Crippen LogP contribution in [0.3, 0.4) is 0 Å². The maximum atomic E-state index is 10.8. The minimum atomic E-state index is -1.06. The van der Waals surface area contributed by atoms with E-state index in [-0.39, 0.29) is 5.82 Å². The number of fused-ring (bicyclic) bond motifs is 1. The summed E-state index contributed by atoms with van der Waals surface area (Å²) < 4.78 is 1.47. The average molecular weight is 211 g/mol. The van der Waals surface area contributed by atoms with E-state index >= 15 is 0 Å². The molecule has 0 aliphatic carbocycles. The Hall–Kier alpha value is -1.55. The number of aromatic carboxylic acids is 1. The number of carboxylic acid groups (broad SMARTS) is 1. The molecule has 72 valence electrons. The largest absolute Gasteiger partial charge is 0.475 e. The van der Waals surface area contributed by atoms with Gasteiger partial charge in [0.2, 0.25) is 5.82 Å². The van der Waals surface area contributed by atoms with Gasteiger partial charge in [0.1, 0.15) is 0 Å². The van der Waals surface area contributed by atoms with Gasteiger partial charge in [-0.1, -0.05) is 17.7 Å². The molecule has 0 saturated heterocycles. The van der Waals surface area contributed by atoms with E-state index in [1.807, 2.05) is 0 Å². The number of hydrogen-bond donors (Lipinski definition) is 1. The van der Waals surface area contributed by atoms with Gasteiger partial charge in [0, 0.05) is 7.05 Å². The van der Waals surface area contributed by atoms with Crippen LogP contribution in [0.25, 0.3) is 11.0 Å². The van der Waals surface area contributed by atoms with Gasteiger partial charge in [-0.2, -0.15) is 0 Å². The van der Waals surface area contributed by atoms with Crippen molar-refractivity contribution in [2.45, 2.75) is 0 Å². The van der Waals surface area contributed by atoms with Gasteiger partial charge in [-0.05, 0) is 12.1 Å². The molecule has 0 saturated carbocycles. The third kappa shape index (κ3) is 1.15. The third-order valence-corrected chi connectivity index (χ3v) is 2.34. The maximum Gasteiger partial charge on any atom is 0.372 e. The summed E-state index contributed by atoms with van der Waals surface area (Å²) in [5.41, 5.74) is 1.24. The second-order valence-electron chi connectivity index (χ2n) is 2.91. The van der Waals surface area contributed by atoms with Gasteiger partial charge < -0.3 is 9.67 Å². The van der Waals surface area contributed by atoms with Gasteiger partial charge in [0.15, 0.2) is 0 Å². The fraction of sp³-hybridized carbons (Fsp3) is 0.111. The van der Waals surface area contributed by atoms with Crippen LogP contribution in [-0.4, -0.2) is 20.6 Å². The Morgan fingerprint density at radius 2 is 2.29 bits per heavy atom. The predicted molar refractivity (Wildman–Crippen MR) is 52.7 cm³/mol. The second-order valence-corrected chi connectivity index (χ2v) is 3.31. The molecule has 0 aliphatic rings. The molecule has 4 nitrogen and oxygen atoms in total. The van der Waals surface area contributed by atoms with Crippen molar-refractivity contribution >= 4 is 28.6 Å². The smallest absolute Gasteiger partial charge is 0.372 e. The Morgan fingerprint density at radius 1 is 1.57 bits per heavy atom. The molecule has 1 heterocycles. The zero-order valence-electron chi connectivity index (χ0n) is 7.36. The number of aromatic nitrogens is 2. The first-order valence-electron chi connectivity index (χ1n) is 3.95. The first-order chi connectivity index (χ1) is 6.61. The van der Waals surface area contributed by atoms with Crippen molar-refractivity contribution in [3.63, 3.8) is 0 Å². The number of halogens is 1. The first kappa shape index (κ1) is 9.02. The molecule has 14 heavy (non-hydrogen) atoms. The van der Waals surface area contributed by atoms with Crippen LogP contribution in [0.4, 0.5) is 0 Å². The Labute approximate surface area is 84.7 Å². The molecule has 0 atom stereocenters. The Bertz CT molecular complexity index is 519. The minimum Gasteiger partial charge on any atom is -0.475 e. The molecule has 1 aromatic carbocycles. The van der Waals surface area contributed by atoms with Crippen molar-refractivity contribution in [2.24, 2.45) is 7.05 Å². The number of para-hydroxylation sites is 1. The molecule has 2 aromatic rings. The summed E-state index contributed by atoms with van der Waals surface area (Å²) in [4.78, 5) is 14.7. The molecule has 0 bridgehead atoms. The minimum absolute atomic E-state index is 0.00639. The highest BCUT2D eigenvalue weighted by Gasteiger charge is 2.15. The lowest BCUT2D eigenvalue weighted by atomic mass is 10.3. The number of hydrogen-bond acceptors (Lipinski definition) is 2. The molecule has 0 spiro atoms. The molecule has 2 rings (SSSR count). The molecule has 0 amide bonds. The SMILES string of the molecule is Cn1c(C(=O)O)nc2cccc(Cl)c21. The number of benzene rings is 1. The third-order valence-electron chi connectivity index (χ3n) is 2.04. The molecule has 0 unspecified atom stereocenters. The lowest BCUT2D eigenvalue weighted by molar-refractivity contribution is 0.0680. The summed E-state index contributed by atoms with van der Waals surface area (Å²) in [6, 6.07) is 5.17. The number of carbonyl (C=O) groups is 1. The van der Waals surface area contributed by atoms with Crippen molar-refractivity contribution in [2.75, 3.05) is 0 Å². The van der Waals surface area contributed by atoms with Crippen LogP contribution < -0.4 is 0 Å². The molecule has 0 radical (unpaired) electrons. The van der Waals surface area contributed by atoms with Crippen molar-refractivity contribution in [1.29, 1.82) is 0 Å². The van der Waals surface area contributed by atoms with Gasteiger partial charge in [0.05, 0.1) is 16.1 Å². The Morgan fingerprint density at radius 3 is 2.86 bits per heavy atom. The predicted octanol–water partition coefficient (Wildman–Crippen LogP) is 1.92. The zero-order valence-corrected chi connectivity index (χ0v) is 8.12. The molecule has 5 heteroatoms. The van der Waals surface area contributed by atoms with Crippen molar-refractivity contribution in [3.05, 3.63) is 29.0 Å². The highest BCUT2D eigenvalue weighted by molar-refractivity contribution is 6.35. The molecule has 1 N–H and O–H groups in total. The van der Waals surface area contributed by atoms with Crippen LogP contribution in [-0.2, 0) is 7.05 Å². The molecule has 0 aliphatic heterocycles. The molecular formula is C9H7ClN2O2. The van der Waals surface area contributed by atoms with E-state index in [2.05, 4.69) is 4.98 Å². The van der Waals surface area contributed by atoms with E-state index in [0.717, 1.165) is 0 Å². The maximum absolute atomic E-state index is 10.8. The Balaban J connectivity index is 2.87. The lowest BCUT2D eigenvalue weighted by Crippen LogP contribution is -2.05. The van der Waals surface area contributed by atoms with Gasteiger partial charge in [-0.15, -0.1) is 0 Å². The number of rotatable bonds is 1. The summed E-state index contributed by atoms with van der Waals surface area (Å²) in [6.45, 7) is 0. The molecule has 0 fully saturated rings. The van der Waals surface area contributed by atoms with Crippen molar-refractivity contribution in [3.8, 4) is 0 Å². The van der Waals surface area contributed by atoms with E-state index in [1.165, 1.54) is 4.57 Å². The van der Waals surface area contributed by atoms with Gasteiger partial charge in [-0.3, -0.25) is 0 Å². The van der Waals surface area contributed by atoms with Gasteiger partial charge in [-0.25, -0.2) is 9.78 Å². The molecular weight excluding hydrogens is 204 g/mol. The van der Waals surface area contributed by atoms with Crippen LogP contribution in [0, 0.1) is 0 Å². The van der Waals surface area contributed by atoms with Crippen LogP contribution in [0.5, 0.6) is 0 Å². The number of nitrogens with zero attached hydrogens (tertiary/aromatic N) is 2.